The monoisotopic (exact) mass is 150 g/mol. The molecule has 0 atom stereocenters. The quantitative estimate of drug-likeness (QED) is 0.372. The average Bonchev–Trinajstić information content (AvgIpc) is 1.71. The molecule has 0 spiro atoms. The fourth-order valence-corrected chi connectivity index (χ4v) is 0. The van der Waals surface area contributed by atoms with E-state index in [9.17, 15) is 8.42 Å². The maximum atomic E-state index is 9.31. The van der Waals surface area contributed by atoms with Gasteiger partial charge < -0.3 is 5.11 Å². The second-order valence-electron chi connectivity index (χ2n) is 0.711. The summed E-state index contributed by atoms with van der Waals surface area (Å²) in [6.07, 6.45) is 0. The van der Waals surface area contributed by atoms with Gasteiger partial charge in [-0.25, -0.2) is 0 Å². The molecule has 2 N–H and O–H groups in total. The molecule has 0 rings (SSSR count). The summed E-state index contributed by atoms with van der Waals surface area (Å²) in [5.41, 5.74) is 0. The van der Waals surface area contributed by atoms with Crippen molar-refractivity contribution < 1.29 is 18.1 Å². The van der Waals surface area contributed by atoms with Crippen LogP contribution in [0.25, 0.3) is 0 Å². The van der Waals surface area contributed by atoms with Crippen molar-refractivity contribution in [2.45, 2.75) is 4.17 Å². The Balaban J connectivity index is 0. The second kappa shape index (κ2) is 6.00. The van der Waals surface area contributed by atoms with Gasteiger partial charge in [-0.15, -0.1) is 0 Å². The van der Waals surface area contributed by atoms with E-state index in [2.05, 4.69) is 4.17 Å². The van der Waals surface area contributed by atoms with Crippen LogP contribution in [0.5, 0.6) is 0 Å². The van der Waals surface area contributed by atoms with E-state index in [4.69, 9.17) is 9.66 Å². The second-order valence-corrected chi connectivity index (χ2v) is 2.13. The fourth-order valence-electron chi connectivity index (χ4n) is 0. The van der Waals surface area contributed by atoms with E-state index in [0.29, 0.717) is 0 Å². The Morgan fingerprint density at radius 2 is 1.62 bits per heavy atom. The Morgan fingerprint density at radius 3 is 1.62 bits per heavy atom. The van der Waals surface area contributed by atoms with Crippen molar-refractivity contribution >= 4 is 38.0 Å². The van der Waals surface area contributed by atoms with E-state index in [-0.39, 0.29) is 0 Å². The first-order valence-corrected chi connectivity index (χ1v) is 5.73. The zero-order chi connectivity index (χ0) is 7.21. The first-order valence-electron chi connectivity index (χ1n) is 2.12. The zero-order valence-electron chi connectivity index (χ0n) is 4.83. The van der Waals surface area contributed by atoms with Crippen LogP contribution >= 0.6 is 0 Å². The zero-order valence-corrected chi connectivity index (χ0v) is 7.64. The Hall–Kier alpha value is 0.870. The molecule has 0 aliphatic rings. The standard InChI is InChI=1S/CH4O4S.CH3.Na/c2-1-6(3,4)5;;/h2H,1H2,(H,3,4,5);1H3;. The molecule has 0 unspecified atom stereocenters. The molecule has 6 heteroatoms. The number of rotatable bonds is 1. The van der Waals surface area contributed by atoms with Gasteiger partial charge in [0.25, 0.3) is 10.1 Å². The molecule has 0 amide bonds. The van der Waals surface area contributed by atoms with Gasteiger partial charge in [0.2, 0.25) is 0 Å². The molecule has 0 fully saturated rings. The fraction of sp³-hybridized carbons (Fsp3) is 1.00. The van der Waals surface area contributed by atoms with Gasteiger partial charge in [0.15, 0.2) is 5.94 Å². The van der Waals surface area contributed by atoms with Gasteiger partial charge in [0, 0.05) is 0 Å². The van der Waals surface area contributed by atoms with Gasteiger partial charge in [-0.1, -0.05) is 0 Å². The molecule has 0 radical (unpaired) electrons. The van der Waals surface area contributed by atoms with Gasteiger partial charge in [0.05, 0.1) is 0 Å². The van der Waals surface area contributed by atoms with E-state index < -0.39 is 16.1 Å². The first-order chi connectivity index (χ1) is 3.56. The van der Waals surface area contributed by atoms with Gasteiger partial charge >= 0.3 is 32.1 Å². The molecule has 0 bridgehead atoms. The molecular weight excluding hydrogens is 143 g/mol. The van der Waals surface area contributed by atoms with Crippen LogP contribution in [0.4, 0.5) is 0 Å². The van der Waals surface area contributed by atoms with Crippen LogP contribution < -0.4 is 0 Å². The van der Waals surface area contributed by atoms with Crippen molar-refractivity contribution in [2.24, 2.45) is 0 Å². The van der Waals surface area contributed by atoms with Crippen molar-refractivity contribution in [1.29, 1.82) is 0 Å². The summed E-state index contributed by atoms with van der Waals surface area (Å²) >= 11 is 1.31. The van der Waals surface area contributed by atoms with E-state index in [0.717, 1.165) is 0 Å². The molecule has 0 saturated carbocycles. The minimum absolute atomic E-state index is 1.20. The number of hydrogen-bond acceptors (Lipinski definition) is 3. The Kier molecular flexibility index (Phi) is 8.73. The number of hydrogen-bond donors (Lipinski definition) is 2. The van der Waals surface area contributed by atoms with E-state index in [1.807, 2.05) is 0 Å². The maximum absolute atomic E-state index is 9.31. The summed E-state index contributed by atoms with van der Waals surface area (Å²) in [5.74, 6) is -1.20. The third-order valence-corrected chi connectivity index (χ3v) is 0.489. The van der Waals surface area contributed by atoms with E-state index in [1.165, 1.54) is 27.9 Å². The number of aliphatic hydroxyl groups excluding tert-OH is 1. The summed E-state index contributed by atoms with van der Waals surface area (Å²) in [6.45, 7) is 0. The van der Waals surface area contributed by atoms with Crippen molar-refractivity contribution in [3.63, 3.8) is 0 Å². The Labute approximate surface area is 66.1 Å². The molecule has 0 aliphatic carbocycles. The predicted molar refractivity (Wildman–Crippen MR) is 30.3 cm³/mol. The normalized spacial score (nSPS) is 9.62. The van der Waals surface area contributed by atoms with Gasteiger partial charge in [-0.05, 0) is 0 Å². The summed E-state index contributed by atoms with van der Waals surface area (Å²) in [5, 5.41) is 7.56. The van der Waals surface area contributed by atoms with Crippen LogP contribution in [0.1, 0.15) is 0 Å². The van der Waals surface area contributed by atoms with Crippen molar-refractivity contribution in [3.8, 4) is 0 Å². The third-order valence-electron chi connectivity index (χ3n) is 0.163. The van der Waals surface area contributed by atoms with Crippen LogP contribution in [0, 0.1) is 0 Å². The van der Waals surface area contributed by atoms with E-state index >= 15 is 0 Å². The van der Waals surface area contributed by atoms with Gasteiger partial charge in [0.1, 0.15) is 0 Å². The molecule has 8 heavy (non-hydrogen) atoms. The minimum atomic E-state index is -4.11. The van der Waals surface area contributed by atoms with Crippen LogP contribution in [-0.2, 0) is 10.1 Å². The molecule has 0 saturated heterocycles. The summed E-state index contributed by atoms with van der Waals surface area (Å²) in [7, 11) is -4.11. The van der Waals surface area contributed by atoms with Crippen molar-refractivity contribution in [3.05, 3.63) is 0 Å². The SMILES string of the molecule is O=S(=O)(O)CO.[CH3][Na]. The topological polar surface area (TPSA) is 74.6 Å². The Bertz CT molecular complexity index is 116. The van der Waals surface area contributed by atoms with Crippen LogP contribution in [0.15, 0.2) is 0 Å². The summed E-state index contributed by atoms with van der Waals surface area (Å²) < 4.78 is 28.3. The molecule has 0 aromatic carbocycles. The van der Waals surface area contributed by atoms with Crippen LogP contribution in [0.2, 0.25) is 4.17 Å². The predicted octanol–water partition coefficient (Wildman–Crippen LogP) is -0.973. The van der Waals surface area contributed by atoms with Crippen molar-refractivity contribution in [1.82, 2.24) is 0 Å². The summed E-state index contributed by atoms with van der Waals surface area (Å²) in [6, 6.07) is 0. The number of aliphatic hydroxyl groups is 1. The van der Waals surface area contributed by atoms with Gasteiger partial charge in [-0.2, -0.15) is 8.42 Å². The molecule has 4 nitrogen and oxygen atoms in total. The van der Waals surface area contributed by atoms with Crippen LogP contribution in [0.3, 0.4) is 0 Å². The first kappa shape index (κ1) is 11.6. The third kappa shape index (κ3) is 15.8. The molecule has 0 aromatic heterocycles. The average molecular weight is 150 g/mol. The molecule has 46 valence electrons. The molecular formula is C2H7NaO4S. The molecule has 0 heterocycles. The van der Waals surface area contributed by atoms with Gasteiger partial charge in [-0.3, -0.25) is 4.55 Å². The molecule has 0 aromatic rings. The summed E-state index contributed by atoms with van der Waals surface area (Å²) in [4.78, 5) is 0. The Morgan fingerprint density at radius 1 is 1.50 bits per heavy atom. The van der Waals surface area contributed by atoms with Crippen LogP contribution in [-0.4, -0.2) is 51.9 Å². The molecule has 0 aliphatic heterocycles. The van der Waals surface area contributed by atoms with Crippen molar-refractivity contribution in [2.75, 3.05) is 5.94 Å². The van der Waals surface area contributed by atoms with E-state index in [1.54, 1.807) is 0 Å².